The van der Waals surface area contributed by atoms with Crippen molar-refractivity contribution in [2.24, 2.45) is 17.6 Å². The third-order valence-corrected chi connectivity index (χ3v) is 12.4. The summed E-state index contributed by atoms with van der Waals surface area (Å²) >= 11 is 0. The minimum Gasteiger partial charge on any atom is -0.445 e. The van der Waals surface area contributed by atoms with Crippen molar-refractivity contribution >= 4 is 52.9 Å². The zero-order chi connectivity index (χ0) is 49.7. The number of likely N-dealkylation sites (tertiary alicyclic amines) is 1. The van der Waals surface area contributed by atoms with Crippen molar-refractivity contribution in [3.8, 4) is 22.6 Å². The Balaban J connectivity index is 0.918. The molecule has 1 fully saturated rings. The van der Waals surface area contributed by atoms with Crippen LogP contribution in [0.1, 0.15) is 94.6 Å². The van der Waals surface area contributed by atoms with Gasteiger partial charge < -0.3 is 36.3 Å². The van der Waals surface area contributed by atoms with E-state index in [2.05, 4.69) is 31.0 Å². The molecule has 0 saturated carbocycles. The molecule has 7 rings (SSSR count). The molecule has 2 aliphatic rings. The highest BCUT2D eigenvalue weighted by atomic mass is 16.6. The number of piperidine rings is 1. The second-order valence-corrected chi connectivity index (χ2v) is 18.1. The van der Waals surface area contributed by atoms with Gasteiger partial charge in [0.05, 0.1) is 23.1 Å². The average Bonchev–Trinajstić information content (AvgIpc) is 4.09. The molecule has 0 spiro atoms. The highest BCUT2D eigenvalue weighted by Crippen LogP contribution is 2.34. The van der Waals surface area contributed by atoms with E-state index in [4.69, 9.17) is 20.4 Å². The second kappa shape index (κ2) is 23.5. The number of carbonyl (C=O) groups is 7. The van der Waals surface area contributed by atoms with Crippen molar-refractivity contribution in [3.63, 3.8) is 0 Å². The Morgan fingerprint density at radius 1 is 0.943 bits per heavy atom. The smallest absolute Gasteiger partial charge is 0.410 e. The summed E-state index contributed by atoms with van der Waals surface area (Å²) in [6, 6.07) is 15.0. The fourth-order valence-electron chi connectivity index (χ4n) is 8.65. The standard InChI is InChI=1S/C50H60N12O8/c1-31(2)44(57-41(64)14-5-4-6-25-61-42(65)21-22-43(61)66)39(63)26-34(11-8-23-52-49(51)68)48(67)56-37-18-15-33(16-19-37)29-70-50(69)60-24-9-12-36(27-60)47-58-45(35-17-20-40-53-30-54-62(40)28-35)46(59-47)38-13-7-10-32(3)55-38/h7,10,13,15-22,28,30-31,34,36,44H,4-6,8-9,11-12,14,23-27,29H2,1-3H3,(H,56,67)(H,57,64)(H,58,59)(H3,51,52,68)/t34-,36?,44+/m1/s1. The SMILES string of the molecule is Cc1cccc(-c2[nH]c(C3CCCN(C(=O)OCc4ccc(NC(=O)[C@H](CCCNC(N)=O)CC(=O)[C@@H](NC(=O)CCCCCN5C(=O)C=CC5=O)C(C)C)cc4)C3)nc2-c2ccc3ncnn3c2)n1. The van der Waals surface area contributed by atoms with Crippen LogP contribution in [0.15, 0.2) is 79.3 Å². The number of amides is 7. The third kappa shape index (κ3) is 13.3. The van der Waals surface area contributed by atoms with Gasteiger partial charge in [-0.1, -0.05) is 38.5 Å². The van der Waals surface area contributed by atoms with E-state index in [-0.39, 0.29) is 74.3 Å². The molecule has 0 radical (unpaired) electrons. The summed E-state index contributed by atoms with van der Waals surface area (Å²) in [5, 5.41) is 12.5. The summed E-state index contributed by atoms with van der Waals surface area (Å²) in [5.74, 6) is -2.11. The molecular weight excluding hydrogens is 897 g/mol. The zero-order valence-corrected chi connectivity index (χ0v) is 39.7. The maximum atomic E-state index is 13.7. The fraction of sp³-hybridized carbons (Fsp3) is 0.420. The van der Waals surface area contributed by atoms with Crippen molar-refractivity contribution in [2.45, 2.75) is 97.1 Å². The second-order valence-electron chi connectivity index (χ2n) is 18.1. The molecule has 0 aliphatic carbocycles. The quantitative estimate of drug-likeness (QED) is 0.0420. The van der Waals surface area contributed by atoms with Crippen LogP contribution in [-0.4, -0.2) is 113 Å². The highest BCUT2D eigenvalue weighted by Gasteiger charge is 2.31. The molecule has 4 aromatic heterocycles. The Bertz CT molecular complexity index is 2710. The van der Waals surface area contributed by atoms with Gasteiger partial charge in [0.2, 0.25) is 11.8 Å². The molecule has 0 bridgehead atoms. The molecule has 1 unspecified atom stereocenters. The van der Waals surface area contributed by atoms with Gasteiger partial charge in [0.25, 0.3) is 11.8 Å². The molecule has 3 atom stereocenters. The van der Waals surface area contributed by atoms with E-state index in [1.54, 1.807) is 33.7 Å². The predicted octanol–water partition coefficient (Wildman–Crippen LogP) is 5.59. The van der Waals surface area contributed by atoms with Crippen LogP contribution in [0.5, 0.6) is 0 Å². The van der Waals surface area contributed by atoms with Crippen LogP contribution in [-0.2, 0) is 35.3 Å². The maximum Gasteiger partial charge on any atom is 0.410 e. The number of ether oxygens (including phenoxy) is 1. The molecular formula is C50H60N12O8. The molecule has 7 amide bonds. The van der Waals surface area contributed by atoms with E-state index in [9.17, 15) is 33.6 Å². The summed E-state index contributed by atoms with van der Waals surface area (Å²) in [7, 11) is 0. The molecule has 70 heavy (non-hydrogen) atoms. The summed E-state index contributed by atoms with van der Waals surface area (Å²) < 4.78 is 7.48. The first-order valence-corrected chi connectivity index (χ1v) is 23.8. The lowest BCUT2D eigenvalue weighted by Gasteiger charge is -2.31. The van der Waals surface area contributed by atoms with E-state index in [0.29, 0.717) is 55.7 Å². The number of ketones is 1. The number of fused-ring (bicyclic) bond motifs is 1. The third-order valence-electron chi connectivity index (χ3n) is 12.4. The molecule has 5 aromatic rings. The Kier molecular flexibility index (Phi) is 16.8. The number of pyridine rings is 2. The van der Waals surface area contributed by atoms with Gasteiger partial charge >= 0.3 is 12.1 Å². The van der Waals surface area contributed by atoms with Crippen LogP contribution < -0.4 is 21.7 Å². The number of carbonyl (C=O) groups excluding carboxylic acids is 7. The van der Waals surface area contributed by atoms with Crippen LogP contribution in [0.2, 0.25) is 0 Å². The van der Waals surface area contributed by atoms with E-state index >= 15 is 0 Å². The molecule has 20 heteroatoms. The van der Waals surface area contributed by atoms with E-state index in [0.717, 1.165) is 51.9 Å². The van der Waals surface area contributed by atoms with E-state index in [1.807, 2.05) is 57.3 Å². The number of unbranched alkanes of at least 4 members (excludes halogenated alkanes) is 2. The normalized spacial score (nSPS) is 15.6. The first kappa shape index (κ1) is 50.1. The number of aryl methyl sites for hydroxylation is 1. The summed E-state index contributed by atoms with van der Waals surface area (Å²) in [4.78, 5) is 109. The summed E-state index contributed by atoms with van der Waals surface area (Å²) in [5.41, 5.74) is 11.1. The molecule has 20 nitrogen and oxygen atoms in total. The van der Waals surface area contributed by atoms with Crippen molar-refractivity contribution in [3.05, 3.63) is 96.4 Å². The minimum absolute atomic E-state index is 0.00228. The molecule has 1 aromatic carbocycles. The number of aromatic amines is 1. The van der Waals surface area contributed by atoms with Gasteiger partial charge in [0.1, 0.15) is 18.8 Å². The number of nitrogens with zero attached hydrogens (tertiary/aromatic N) is 7. The number of H-pyrrole nitrogens is 1. The first-order chi connectivity index (χ1) is 33.7. The number of primary amides is 1. The van der Waals surface area contributed by atoms with Crippen molar-refractivity contribution in [1.29, 1.82) is 0 Å². The molecule has 6 N–H and O–H groups in total. The van der Waals surface area contributed by atoms with Crippen molar-refractivity contribution < 1.29 is 38.3 Å². The number of benzene rings is 1. The number of Topliss-reactive ketones (excluding diaryl/α,β-unsaturated/α-hetero) is 1. The lowest BCUT2D eigenvalue weighted by molar-refractivity contribution is -0.137. The van der Waals surface area contributed by atoms with E-state index in [1.165, 1.54) is 18.5 Å². The number of imidazole rings is 1. The van der Waals surface area contributed by atoms with Gasteiger partial charge in [-0.05, 0) is 93.3 Å². The molecule has 368 valence electrons. The van der Waals surface area contributed by atoms with E-state index < -0.39 is 30.0 Å². The van der Waals surface area contributed by atoms with Crippen LogP contribution in [0, 0.1) is 18.8 Å². The monoisotopic (exact) mass is 956 g/mol. The number of nitrogens with one attached hydrogen (secondary N) is 4. The van der Waals surface area contributed by atoms with Gasteiger partial charge in [-0.2, -0.15) is 5.10 Å². The fourth-order valence-corrected chi connectivity index (χ4v) is 8.65. The Labute approximate surface area is 405 Å². The topological polar surface area (TPSA) is 269 Å². The maximum absolute atomic E-state index is 13.7. The average molecular weight is 957 g/mol. The van der Waals surface area contributed by atoms with Crippen LogP contribution in [0.3, 0.4) is 0 Å². The number of hydrogen-bond acceptors (Lipinski definition) is 12. The number of hydrogen-bond donors (Lipinski definition) is 5. The molecule has 2 aliphatic heterocycles. The molecule has 6 heterocycles. The lowest BCUT2D eigenvalue weighted by atomic mass is 9.89. The largest absolute Gasteiger partial charge is 0.445 e. The van der Waals surface area contributed by atoms with Crippen LogP contribution >= 0.6 is 0 Å². The van der Waals surface area contributed by atoms with Gasteiger partial charge in [-0.3, -0.25) is 33.9 Å². The van der Waals surface area contributed by atoms with Gasteiger partial charge in [-0.25, -0.2) is 24.1 Å². The Morgan fingerprint density at radius 3 is 2.47 bits per heavy atom. The number of aromatic nitrogens is 6. The zero-order valence-electron chi connectivity index (χ0n) is 39.7. The first-order valence-electron chi connectivity index (χ1n) is 23.8. The minimum atomic E-state index is -0.838. The number of nitrogens with two attached hydrogens (primary N) is 1. The number of anilines is 1. The molecule has 1 saturated heterocycles. The number of rotatable bonds is 22. The van der Waals surface area contributed by atoms with Crippen molar-refractivity contribution in [1.82, 2.24) is 50.0 Å². The predicted molar refractivity (Wildman–Crippen MR) is 258 cm³/mol. The van der Waals surface area contributed by atoms with Gasteiger partial charge in [-0.15, -0.1) is 0 Å². The van der Waals surface area contributed by atoms with Crippen LogP contribution in [0.25, 0.3) is 28.3 Å². The summed E-state index contributed by atoms with van der Waals surface area (Å²) in [6.07, 6.45) is 9.24. The lowest BCUT2D eigenvalue weighted by Crippen LogP contribution is -2.45. The summed E-state index contributed by atoms with van der Waals surface area (Å²) in [6.45, 7) is 6.98. The highest BCUT2D eigenvalue weighted by molar-refractivity contribution is 6.12. The van der Waals surface area contributed by atoms with Crippen LogP contribution in [0.4, 0.5) is 15.3 Å². The Morgan fingerprint density at radius 2 is 1.73 bits per heavy atom. The Hall–Kier alpha value is -7.77. The number of imide groups is 1. The van der Waals surface area contributed by atoms with Crippen molar-refractivity contribution in [2.75, 3.05) is 31.5 Å². The number of urea groups is 1. The van der Waals surface area contributed by atoms with Gasteiger partial charge in [0.15, 0.2) is 11.4 Å². The van der Waals surface area contributed by atoms with Gasteiger partial charge in [0, 0.05) is 86.2 Å².